The van der Waals surface area contributed by atoms with Crippen LogP contribution >= 0.6 is 0 Å². The molecule has 26 heteroatoms. The van der Waals surface area contributed by atoms with Crippen LogP contribution in [0.15, 0.2) is 298 Å². The van der Waals surface area contributed by atoms with Crippen molar-refractivity contribution in [2.24, 2.45) is 0 Å². The Hall–Kier alpha value is -14.7. The van der Waals surface area contributed by atoms with Crippen LogP contribution in [0, 0.1) is 23.3 Å². The average Bonchev–Trinajstić information content (AvgIpc) is 1.61. The Morgan fingerprint density at radius 3 is 1.16 bits per heavy atom. The topological polar surface area (TPSA) is 195 Å². The monoisotopic (exact) mass is 1880 g/mol. The van der Waals surface area contributed by atoms with Crippen LogP contribution in [0.25, 0.3) is 101 Å². The van der Waals surface area contributed by atoms with Gasteiger partial charge in [0, 0.05) is 222 Å². The Bertz CT molecular complexity index is 7030. The fourth-order valence-corrected chi connectivity index (χ4v) is 20.1. The van der Waals surface area contributed by atoms with Crippen LogP contribution in [0.2, 0.25) is 0 Å². The second kappa shape index (κ2) is 44.0. The summed E-state index contributed by atoms with van der Waals surface area (Å²) >= 11 is 0. The highest BCUT2D eigenvalue weighted by molar-refractivity contribution is 5.84. The van der Waals surface area contributed by atoms with Crippen LogP contribution < -0.4 is 18.9 Å². The maximum atomic E-state index is 13.7. The second-order valence-corrected chi connectivity index (χ2v) is 36.4. The van der Waals surface area contributed by atoms with Gasteiger partial charge in [0.15, 0.2) is 0 Å². The highest BCUT2D eigenvalue weighted by Crippen LogP contribution is 2.46. The Kier molecular flexibility index (Phi) is 29.6. The highest BCUT2D eigenvalue weighted by Gasteiger charge is 2.37. The van der Waals surface area contributed by atoms with Crippen LogP contribution in [0.5, 0.6) is 23.1 Å². The van der Waals surface area contributed by atoms with Crippen LogP contribution in [-0.2, 0) is 56.5 Å². The molecule has 0 radical (unpaired) electrons. The van der Waals surface area contributed by atoms with E-state index in [0.29, 0.717) is 25.1 Å². The number of benzene rings is 8. The Balaban J connectivity index is 0.000000119. The zero-order valence-electron chi connectivity index (χ0n) is 79.6. The molecule has 17 aromatic rings. The molecule has 5 aliphatic rings. The molecule has 0 bridgehead atoms. The summed E-state index contributed by atoms with van der Waals surface area (Å²) in [5, 5.41) is 1.09. The summed E-state index contributed by atoms with van der Waals surface area (Å²) in [7, 11) is 11.1. The zero-order chi connectivity index (χ0) is 96.0. The molecule has 0 aliphatic carbocycles. The van der Waals surface area contributed by atoms with E-state index in [2.05, 4.69) is 125 Å². The van der Waals surface area contributed by atoms with Gasteiger partial charge in [-0.1, -0.05) is 48.5 Å². The lowest BCUT2D eigenvalue weighted by Gasteiger charge is -2.32. The maximum Gasteiger partial charge on any atom is 0.213 e. The molecule has 712 valence electrons. The van der Waals surface area contributed by atoms with Crippen molar-refractivity contribution in [3.63, 3.8) is 0 Å². The molecule has 0 N–H and O–H groups in total. The molecule has 5 aliphatic heterocycles. The van der Waals surface area contributed by atoms with Crippen molar-refractivity contribution in [1.82, 2.24) is 82.7 Å². The Morgan fingerprint density at radius 1 is 0.350 bits per heavy atom. The molecule has 22 rings (SSSR count). The molecule has 0 amide bonds. The van der Waals surface area contributed by atoms with Gasteiger partial charge < -0.3 is 46.9 Å². The van der Waals surface area contributed by atoms with Crippen molar-refractivity contribution in [2.45, 2.75) is 102 Å². The minimum Gasteiger partial charge on any atom is -0.497 e. The third kappa shape index (κ3) is 21.7. The largest absolute Gasteiger partial charge is 0.497 e. The minimum absolute atomic E-state index is 0.123. The van der Waals surface area contributed by atoms with Gasteiger partial charge in [-0.2, -0.15) is 0 Å². The summed E-state index contributed by atoms with van der Waals surface area (Å²) < 4.78 is 92.0. The first-order valence-electron chi connectivity index (χ1n) is 47.9. The third-order valence-electron chi connectivity index (χ3n) is 27.0. The molecule has 8 aromatic carbocycles. The first kappa shape index (κ1) is 94.3. The van der Waals surface area contributed by atoms with Crippen LogP contribution in [-0.4, -0.2) is 184 Å². The van der Waals surface area contributed by atoms with E-state index in [4.69, 9.17) is 43.6 Å². The molecule has 4 atom stereocenters. The van der Waals surface area contributed by atoms with Gasteiger partial charge in [0.1, 0.15) is 70.4 Å². The third-order valence-corrected chi connectivity index (χ3v) is 27.0. The summed E-state index contributed by atoms with van der Waals surface area (Å²) in [4.78, 5) is 51.4. The van der Waals surface area contributed by atoms with Crippen molar-refractivity contribution in [3.05, 3.63) is 367 Å². The Labute approximate surface area is 813 Å². The predicted octanol–water partition coefficient (Wildman–Crippen LogP) is 21.9. The number of hydrogen-bond donors (Lipinski definition) is 0. The number of hydrogen-bond acceptors (Lipinski definition) is 18. The minimum atomic E-state index is -0.259. The lowest BCUT2D eigenvalue weighted by atomic mass is 9.98. The standard InChI is InChI=1S/C30H34FN5O.C29H31FN4O2.C28H27FN4O.C27H21FN4O/c1-34(2)17-18-35(20-22-5-4-6-27(19-22)37-3)21-26-11-12-28-33-29(23-7-9-25(31)10-8-23)30(36(26)28)24-13-15-32-16-14-24;1-35-17-16-33(19-21-4-3-5-26(18-21)36-2)20-25-10-11-27-32-28(22-6-8-24(30)9-7-22)29(34(25)27)23-12-14-31-15-13-23;1-34-25-8-4-19-12-15-32(17-22(19)16-25)18-24-7-9-26-31-27(20-2-5-23(29)6-3-20)28(33(24)26)21-10-13-30-14-11-21;28-21-8-5-19(6-9-21)26-27(20-13-15-29-16-14-20)32-22(10-11-24(32)31-26)17-33-25-12-7-18-3-1-2-4-23(18)30-25/h4-10,13-16,19,26H,11-12,17-18,20-21H2,1-3H3;3-9,12-15,18,25H,10-11,16-17,19-20H2,1-2H3;2-6,8,10-11,13-14,16,24H,7,9,12,15,17-18H2,1H3;1-9,12-16,22H,10-11,17H2/t26-;25-;24-;22-/m0000/s1. The fraction of sp³-hybridized carbons (Fsp3) is 0.272. The number of para-hydroxylation sites is 1. The van der Waals surface area contributed by atoms with E-state index in [1.165, 1.54) is 70.8 Å². The molecule has 0 unspecified atom stereocenters. The number of methoxy groups -OCH3 is 4. The number of halogens is 4. The Morgan fingerprint density at radius 2 is 0.743 bits per heavy atom. The molecule has 0 saturated heterocycles. The number of pyridine rings is 5. The average molecular weight is 1880 g/mol. The van der Waals surface area contributed by atoms with Crippen LogP contribution in [0.1, 0.15) is 95.4 Å². The van der Waals surface area contributed by atoms with Crippen molar-refractivity contribution in [3.8, 4) is 113 Å². The maximum absolute atomic E-state index is 13.7. The SMILES string of the molecule is COCCN(Cc1cccc(OC)c1)C[C@@H]1CCc2nc(-c3ccc(F)cc3)c(-c3ccncc3)n21.COc1ccc2c(c1)CN(C[C@@H]1CCc3nc(-c4ccc(F)cc4)c(-c4ccncc4)n31)CC2.COc1cccc(CN(CCN(C)C)C[C@@H]2CCc3nc(-c4ccc(F)cc4)c(-c4ccncc4)n32)c1.Fc1ccc(-c2nc3n(c2-c2ccncc2)[C@H](COc2ccc4ccccc4n2)CC3)cc1. The van der Waals surface area contributed by atoms with Gasteiger partial charge in [0.05, 0.1) is 85.0 Å². The lowest BCUT2D eigenvalue weighted by molar-refractivity contribution is 0.134. The smallest absolute Gasteiger partial charge is 0.213 e. The van der Waals surface area contributed by atoms with Gasteiger partial charge in [0.2, 0.25) is 5.88 Å². The van der Waals surface area contributed by atoms with Gasteiger partial charge in [-0.25, -0.2) is 42.5 Å². The number of fused-ring (bicyclic) bond motifs is 6. The van der Waals surface area contributed by atoms with Crippen molar-refractivity contribution < 1.29 is 41.2 Å². The summed E-state index contributed by atoms with van der Waals surface area (Å²) in [6.45, 7) is 10.3. The van der Waals surface area contributed by atoms with E-state index in [9.17, 15) is 17.6 Å². The van der Waals surface area contributed by atoms with Gasteiger partial charge in [0.25, 0.3) is 0 Å². The highest BCUT2D eigenvalue weighted by atomic mass is 19.1. The first-order chi connectivity index (χ1) is 68.6. The molecule has 9 aromatic heterocycles. The number of ether oxygens (including phenoxy) is 5. The normalized spacial score (nSPS) is 15.5. The first-order valence-corrected chi connectivity index (χ1v) is 47.9. The van der Waals surface area contributed by atoms with E-state index in [0.717, 1.165) is 265 Å². The second-order valence-electron chi connectivity index (χ2n) is 36.4. The molecule has 0 spiro atoms. The summed E-state index contributed by atoms with van der Waals surface area (Å²) in [6.07, 6.45) is 23.2. The van der Waals surface area contributed by atoms with Gasteiger partial charge in [-0.05, 0) is 263 Å². The predicted molar refractivity (Wildman–Crippen MR) is 539 cm³/mol. The van der Waals surface area contributed by atoms with Gasteiger partial charge in [-0.15, -0.1) is 0 Å². The summed E-state index contributed by atoms with van der Waals surface area (Å²) in [5.41, 5.74) is 21.9. The quantitative estimate of drug-likeness (QED) is 0.0385. The molecular formula is C114H113F4N17O5. The van der Waals surface area contributed by atoms with E-state index in [1.54, 1.807) is 77.5 Å². The van der Waals surface area contributed by atoms with E-state index in [-0.39, 0.29) is 41.4 Å². The molecular weight excluding hydrogens is 1760 g/mol. The molecule has 14 heterocycles. The van der Waals surface area contributed by atoms with Crippen LogP contribution in [0.4, 0.5) is 17.6 Å². The molecule has 22 nitrogen and oxygen atoms in total. The van der Waals surface area contributed by atoms with Crippen molar-refractivity contribution in [2.75, 3.05) is 102 Å². The van der Waals surface area contributed by atoms with Gasteiger partial charge in [-0.3, -0.25) is 34.6 Å². The van der Waals surface area contributed by atoms with E-state index >= 15 is 0 Å². The van der Waals surface area contributed by atoms with Gasteiger partial charge >= 0.3 is 0 Å². The van der Waals surface area contributed by atoms with Crippen molar-refractivity contribution >= 4 is 10.9 Å². The van der Waals surface area contributed by atoms with Crippen molar-refractivity contribution in [1.29, 1.82) is 0 Å². The number of imidazole rings is 4. The lowest BCUT2D eigenvalue weighted by Crippen LogP contribution is -2.35. The number of aryl methyl sites for hydroxylation is 4. The number of nitrogens with zero attached hydrogens (tertiary/aromatic N) is 17. The molecule has 0 saturated carbocycles. The zero-order valence-corrected chi connectivity index (χ0v) is 79.6. The van der Waals surface area contributed by atoms with Crippen LogP contribution in [0.3, 0.4) is 0 Å². The summed E-state index contributed by atoms with van der Waals surface area (Å²) in [6, 6.07) is 78.5. The molecule has 140 heavy (non-hydrogen) atoms. The van der Waals surface area contributed by atoms with E-state index < -0.39 is 0 Å². The fourth-order valence-electron chi connectivity index (χ4n) is 20.1. The summed E-state index contributed by atoms with van der Waals surface area (Å²) in [5.74, 6) is 6.57. The number of aromatic nitrogens is 13. The van der Waals surface area contributed by atoms with E-state index in [1.807, 2.05) is 152 Å². The number of rotatable bonds is 30. The number of likely N-dealkylation sites (N-methyl/N-ethyl adjacent to an activating group) is 1. The molecule has 0 fully saturated rings.